The Morgan fingerprint density at radius 3 is 2.75 bits per heavy atom. The van der Waals surface area contributed by atoms with E-state index in [1.54, 1.807) is 11.8 Å². The third-order valence-electron chi connectivity index (χ3n) is 3.26. The number of para-hydroxylation sites is 2. The first-order valence-electron chi connectivity index (χ1n) is 7.57. The van der Waals surface area contributed by atoms with E-state index in [-0.39, 0.29) is 0 Å². The maximum atomic E-state index is 5.64. The highest BCUT2D eigenvalue weighted by molar-refractivity contribution is 8.01. The number of fused-ring (bicyclic) bond motifs is 1. The molecule has 0 saturated carbocycles. The molecule has 0 radical (unpaired) electrons. The van der Waals surface area contributed by atoms with E-state index < -0.39 is 0 Å². The molecular formula is C17H23NOS. The van der Waals surface area contributed by atoms with Gasteiger partial charge in [-0.1, -0.05) is 57.2 Å². The number of hydrogen-bond donors (Lipinski definition) is 0. The highest BCUT2D eigenvalue weighted by Crippen LogP contribution is 2.24. The Hall–Kier alpha value is -1.22. The van der Waals surface area contributed by atoms with Crippen LogP contribution in [0.4, 0.5) is 0 Å². The van der Waals surface area contributed by atoms with Gasteiger partial charge in [-0.2, -0.15) is 0 Å². The minimum absolute atomic E-state index is 0.727. The largest absolute Gasteiger partial charge is 0.431 e. The minimum atomic E-state index is 0.727. The van der Waals surface area contributed by atoms with Crippen molar-refractivity contribution in [3.8, 4) is 0 Å². The molecule has 1 aromatic heterocycles. The lowest BCUT2D eigenvalue weighted by Gasteiger charge is -1.97. The van der Waals surface area contributed by atoms with Gasteiger partial charge in [0.05, 0.1) is 0 Å². The van der Waals surface area contributed by atoms with Crippen molar-refractivity contribution in [1.29, 1.82) is 0 Å². The van der Waals surface area contributed by atoms with Crippen LogP contribution in [-0.2, 0) is 0 Å². The van der Waals surface area contributed by atoms with Crippen molar-refractivity contribution in [3.05, 3.63) is 35.7 Å². The fraction of sp³-hybridized carbons (Fsp3) is 0.471. The van der Waals surface area contributed by atoms with Crippen molar-refractivity contribution >= 4 is 22.9 Å². The number of thioether (sulfide) groups is 1. The van der Waals surface area contributed by atoms with E-state index in [1.807, 2.05) is 24.3 Å². The molecule has 0 atom stereocenters. The number of hydrogen-bond acceptors (Lipinski definition) is 3. The Labute approximate surface area is 125 Å². The van der Waals surface area contributed by atoms with Gasteiger partial charge >= 0.3 is 0 Å². The fourth-order valence-corrected chi connectivity index (χ4v) is 2.76. The Bertz CT molecular complexity index is 500. The second kappa shape index (κ2) is 8.85. The van der Waals surface area contributed by atoms with Crippen LogP contribution in [0.15, 0.2) is 45.4 Å². The van der Waals surface area contributed by atoms with Crippen LogP contribution in [-0.4, -0.2) is 4.98 Å². The van der Waals surface area contributed by atoms with Crippen molar-refractivity contribution in [2.24, 2.45) is 0 Å². The van der Waals surface area contributed by atoms with Crippen LogP contribution in [0.1, 0.15) is 51.9 Å². The lowest BCUT2D eigenvalue weighted by molar-refractivity contribution is 0.490. The molecule has 0 bridgehead atoms. The fourth-order valence-electron chi connectivity index (χ4n) is 2.12. The molecule has 108 valence electrons. The van der Waals surface area contributed by atoms with Gasteiger partial charge in [0.25, 0.3) is 5.22 Å². The third kappa shape index (κ3) is 5.04. The standard InChI is InChI=1S/C17H23NOS/c1-2-3-4-5-6-7-8-11-14-20-17-18-15-12-9-10-13-16(15)19-17/h9-14H,2-8H2,1H3/b14-11-. The first kappa shape index (κ1) is 15.2. The van der Waals surface area contributed by atoms with Gasteiger partial charge < -0.3 is 4.42 Å². The van der Waals surface area contributed by atoms with Crippen molar-refractivity contribution in [2.75, 3.05) is 0 Å². The average Bonchev–Trinajstić information content (AvgIpc) is 2.88. The zero-order valence-corrected chi connectivity index (χ0v) is 13.0. The molecule has 2 nitrogen and oxygen atoms in total. The Morgan fingerprint density at radius 1 is 1.10 bits per heavy atom. The van der Waals surface area contributed by atoms with E-state index in [0.717, 1.165) is 22.7 Å². The predicted octanol–water partition coefficient (Wildman–Crippen LogP) is 6.18. The molecule has 3 heteroatoms. The van der Waals surface area contributed by atoms with Crippen molar-refractivity contribution in [2.45, 2.75) is 57.1 Å². The molecule has 0 amide bonds. The van der Waals surface area contributed by atoms with Crippen LogP contribution in [0.5, 0.6) is 0 Å². The highest BCUT2D eigenvalue weighted by Gasteiger charge is 2.02. The summed E-state index contributed by atoms with van der Waals surface area (Å²) in [6.45, 7) is 2.26. The molecule has 0 saturated heterocycles. The van der Waals surface area contributed by atoms with Crippen molar-refractivity contribution in [3.63, 3.8) is 0 Å². The van der Waals surface area contributed by atoms with Gasteiger partial charge in [0, 0.05) is 0 Å². The first-order valence-corrected chi connectivity index (χ1v) is 8.45. The highest BCUT2D eigenvalue weighted by atomic mass is 32.2. The number of rotatable bonds is 9. The molecule has 20 heavy (non-hydrogen) atoms. The summed E-state index contributed by atoms with van der Waals surface area (Å²) in [5.41, 5.74) is 1.79. The maximum absolute atomic E-state index is 5.64. The van der Waals surface area contributed by atoms with Gasteiger partial charge in [0.15, 0.2) is 5.58 Å². The molecule has 0 aliphatic carbocycles. The van der Waals surface area contributed by atoms with Gasteiger partial charge in [-0.05, 0) is 42.1 Å². The van der Waals surface area contributed by atoms with E-state index in [9.17, 15) is 0 Å². The molecule has 2 aromatic rings. The van der Waals surface area contributed by atoms with Crippen LogP contribution in [0.25, 0.3) is 11.1 Å². The quantitative estimate of drug-likeness (QED) is 0.407. The van der Waals surface area contributed by atoms with E-state index in [4.69, 9.17) is 4.42 Å². The number of nitrogens with zero attached hydrogens (tertiary/aromatic N) is 1. The summed E-state index contributed by atoms with van der Waals surface area (Å²) in [4.78, 5) is 4.43. The molecule has 1 heterocycles. The maximum Gasteiger partial charge on any atom is 0.261 e. The van der Waals surface area contributed by atoms with E-state index in [0.29, 0.717) is 0 Å². The van der Waals surface area contributed by atoms with Crippen LogP contribution >= 0.6 is 11.8 Å². The molecule has 1 aromatic carbocycles. The van der Waals surface area contributed by atoms with Gasteiger partial charge in [0.1, 0.15) is 5.52 Å². The number of allylic oxidation sites excluding steroid dienone is 1. The van der Waals surface area contributed by atoms with Crippen LogP contribution in [0, 0.1) is 0 Å². The molecule has 0 unspecified atom stereocenters. The lowest BCUT2D eigenvalue weighted by Crippen LogP contribution is -1.77. The zero-order chi connectivity index (χ0) is 14.0. The molecule has 0 aliphatic heterocycles. The average molecular weight is 289 g/mol. The predicted molar refractivity (Wildman–Crippen MR) is 87.0 cm³/mol. The molecule has 0 N–H and O–H groups in total. The smallest absolute Gasteiger partial charge is 0.261 e. The summed E-state index contributed by atoms with van der Waals surface area (Å²) in [5.74, 6) is 0. The summed E-state index contributed by atoms with van der Waals surface area (Å²) in [5, 5.41) is 2.82. The van der Waals surface area contributed by atoms with Crippen LogP contribution in [0.2, 0.25) is 0 Å². The monoisotopic (exact) mass is 289 g/mol. The van der Waals surface area contributed by atoms with Gasteiger partial charge in [-0.25, -0.2) is 4.98 Å². The second-order valence-corrected chi connectivity index (χ2v) is 5.85. The van der Waals surface area contributed by atoms with Crippen LogP contribution in [0.3, 0.4) is 0 Å². The zero-order valence-electron chi connectivity index (χ0n) is 12.2. The lowest BCUT2D eigenvalue weighted by atomic mass is 10.1. The third-order valence-corrected chi connectivity index (χ3v) is 3.97. The number of oxazole rings is 1. The van der Waals surface area contributed by atoms with Crippen molar-refractivity contribution < 1.29 is 4.42 Å². The minimum Gasteiger partial charge on any atom is -0.431 e. The Morgan fingerprint density at radius 2 is 1.90 bits per heavy atom. The first-order chi connectivity index (χ1) is 9.90. The molecular weight excluding hydrogens is 266 g/mol. The van der Waals surface area contributed by atoms with Gasteiger partial charge in [-0.3, -0.25) is 0 Å². The summed E-state index contributed by atoms with van der Waals surface area (Å²) in [6, 6.07) is 7.87. The van der Waals surface area contributed by atoms with Crippen LogP contribution < -0.4 is 0 Å². The second-order valence-electron chi connectivity index (χ2n) is 4.99. The normalized spacial score (nSPS) is 11.7. The summed E-state index contributed by atoms with van der Waals surface area (Å²) < 4.78 is 5.64. The molecule has 0 fully saturated rings. The number of unbranched alkanes of at least 4 members (excludes halogenated alkanes) is 6. The molecule has 0 spiro atoms. The topological polar surface area (TPSA) is 26.0 Å². The van der Waals surface area contributed by atoms with Gasteiger partial charge in [0.2, 0.25) is 0 Å². The molecule has 2 rings (SSSR count). The Kier molecular flexibility index (Phi) is 6.72. The summed E-state index contributed by atoms with van der Waals surface area (Å²) >= 11 is 1.56. The summed E-state index contributed by atoms with van der Waals surface area (Å²) in [7, 11) is 0. The van der Waals surface area contributed by atoms with E-state index in [1.165, 1.54) is 38.5 Å². The van der Waals surface area contributed by atoms with Crippen molar-refractivity contribution in [1.82, 2.24) is 4.98 Å². The SMILES string of the molecule is CCCCCCCC/C=C\Sc1nc2ccccc2o1. The molecule has 0 aliphatic rings. The number of benzene rings is 1. The van der Waals surface area contributed by atoms with Gasteiger partial charge in [-0.15, -0.1) is 0 Å². The van der Waals surface area contributed by atoms with E-state index >= 15 is 0 Å². The summed E-state index contributed by atoms with van der Waals surface area (Å²) in [6.07, 6.45) is 11.5. The van der Waals surface area contributed by atoms with E-state index in [2.05, 4.69) is 23.4 Å². The number of aromatic nitrogens is 1. The Balaban J connectivity index is 1.63.